The molecule has 3 heteroatoms. The van der Waals surface area contributed by atoms with Crippen molar-refractivity contribution in [3.63, 3.8) is 0 Å². The molecule has 1 aromatic rings. The van der Waals surface area contributed by atoms with Gasteiger partial charge in [0.15, 0.2) is 0 Å². The zero-order chi connectivity index (χ0) is 13.3. The lowest BCUT2D eigenvalue weighted by atomic mass is 9.95. The van der Waals surface area contributed by atoms with Crippen molar-refractivity contribution in [1.82, 2.24) is 5.32 Å². The zero-order valence-electron chi connectivity index (χ0n) is 11.1. The van der Waals surface area contributed by atoms with E-state index in [9.17, 15) is 9.90 Å². The molecule has 2 N–H and O–H groups in total. The lowest BCUT2D eigenvalue weighted by Gasteiger charge is -2.29. The highest BCUT2D eigenvalue weighted by Gasteiger charge is 2.39. The van der Waals surface area contributed by atoms with Crippen LogP contribution in [0, 0.1) is 12.3 Å². The highest BCUT2D eigenvalue weighted by Crippen LogP contribution is 2.31. The quantitative estimate of drug-likeness (QED) is 0.866. The molecule has 1 aromatic carbocycles. The molecule has 1 unspecified atom stereocenters. The third-order valence-electron chi connectivity index (χ3n) is 4.37. The Morgan fingerprint density at radius 2 is 2.00 bits per heavy atom. The minimum Gasteiger partial charge on any atom is -0.394 e. The molecule has 1 amide bonds. The summed E-state index contributed by atoms with van der Waals surface area (Å²) in [6, 6.07) is 8.19. The van der Waals surface area contributed by atoms with Crippen LogP contribution in [0.4, 0.5) is 0 Å². The average Bonchev–Trinajstić information content (AvgIpc) is 3.06. The number of amides is 1. The number of fused-ring (bicyclic) bond motifs is 1. The molecular weight excluding hydrogens is 238 g/mol. The van der Waals surface area contributed by atoms with Crippen LogP contribution in [0.3, 0.4) is 0 Å². The average molecular weight is 258 g/mol. The maximum absolute atomic E-state index is 12.3. The molecule has 0 bridgehead atoms. The molecule has 1 atom stereocenters. The van der Waals surface area contributed by atoms with Gasteiger partial charge in [0, 0.05) is 5.92 Å². The van der Waals surface area contributed by atoms with E-state index in [2.05, 4.69) is 23.9 Å². The van der Waals surface area contributed by atoms with Gasteiger partial charge in [-0.2, -0.15) is 0 Å². The first-order valence-corrected chi connectivity index (χ1v) is 7.05. The highest BCUT2D eigenvalue weighted by atomic mass is 16.3. The topological polar surface area (TPSA) is 49.3 Å². The first-order valence-electron chi connectivity index (χ1n) is 7.05. The van der Waals surface area contributed by atoms with Crippen molar-refractivity contribution >= 4 is 5.91 Å². The summed E-state index contributed by atoms with van der Waals surface area (Å²) in [5.41, 5.74) is 2.00. The summed E-state index contributed by atoms with van der Waals surface area (Å²) in [4.78, 5) is 12.3. The number of rotatable bonds is 3. The Morgan fingerprint density at radius 1 is 1.32 bits per heavy atom. The second kappa shape index (κ2) is 4.97. The molecule has 1 fully saturated rings. The van der Waals surface area contributed by atoms with Crippen LogP contribution in [-0.4, -0.2) is 23.2 Å². The maximum atomic E-state index is 12.3. The van der Waals surface area contributed by atoms with Crippen molar-refractivity contribution in [2.75, 3.05) is 6.61 Å². The molecule has 2 aliphatic rings. The fourth-order valence-electron chi connectivity index (χ4n) is 3.30. The van der Waals surface area contributed by atoms with Gasteiger partial charge in [-0.05, 0) is 43.2 Å². The molecule has 0 spiro atoms. The summed E-state index contributed by atoms with van der Waals surface area (Å²) in [6.07, 6.45) is 6.65. The third kappa shape index (κ3) is 2.39. The molecule has 3 rings (SSSR count). The molecule has 0 aliphatic heterocycles. The van der Waals surface area contributed by atoms with E-state index in [1.807, 2.05) is 12.1 Å². The summed E-state index contributed by atoms with van der Waals surface area (Å²) in [7, 11) is 0. The minimum atomic E-state index is -0.489. The zero-order valence-corrected chi connectivity index (χ0v) is 11.1. The van der Waals surface area contributed by atoms with E-state index in [1.165, 1.54) is 11.1 Å². The third-order valence-corrected chi connectivity index (χ3v) is 4.37. The molecule has 0 heterocycles. The fraction of sp³-hybridized carbons (Fsp3) is 0.500. The molecule has 101 valence electrons. The molecule has 19 heavy (non-hydrogen) atoms. The SMILES string of the molecule is O=C(NC1(CO)Cc2ccccc2C1)C1[CH]CCC1. The van der Waals surface area contributed by atoms with Gasteiger partial charge in [-0.1, -0.05) is 30.7 Å². The van der Waals surface area contributed by atoms with Crippen LogP contribution in [0.2, 0.25) is 0 Å². The number of benzene rings is 1. The largest absolute Gasteiger partial charge is 0.394 e. The Labute approximate surface area is 114 Å². The Balaban J connectivity index is 1.73. The van der Waals surface area contributed by atoms with Crippen LogP contribution < -0.4 is 5.32 Å². The maximum Gasteiger partial charge on any atom is 0.223 e. The van der Waals surface area contributed by atoms with E-state index in [-0.39, 0.29) is 18.4 Å². The van der Waals surface area contributed by atoms with Crippen molar-refractivity contribution in [2.24, 2.45) is 5.92 Å². The van der Waals surface area contributed by atoms with Gasteiger partial charge in [0.05, 0.1) is 12.1 Å². The van der Waals surface area contributed by atoms with Crippen LogP contribution in [-0.2, 0) is 17.6 Å². The Bertz CT molecular complexity index is 452. The van der Waals surface area contributed by atoms with Crippen molar-refractivity contribution in [3.8, 4) is 0 Å². The molecule has 3 nitrogen and oxygen atoms in total. The first-order chi connectivity index (χ1) is 9.22. The van der Waals surface area contributed by atoms with Crippen LogP contribution in [0.25, 0.3) is 0 Å². The molecule has 2 aliphatic carbocycles. The van der Waals surface area contributed by atoms with Gasteiger partial charge in [0.25, 0.3) is 0 Å². The Morgan fingerprint density at radius 3 is 2.53 bits per heavy atom. The smallest absolute Gasteiger partial charge is 0.223 e. The van der Waals surface area contributed by atoms with Crippen molar-refractivity contribution in [1.29, 1.82) is 0 Å². The van der Waals surface area contributed by atoms with E-state index >= 15 is 0 Å². The van der Waals surface area contributed by atoms with E-state index in [0.717, 1.165) is 32.1 Å². The number of hydrogen-bond acceptors (Lipinski definition) is 2. The summed E-state index contributed by atoms with van der Waals surface area (Å²) in [5, 5.41) is 12.9. The number of aliphatic hydroxyl groups is 1. The van der Waals surface area contributed by atoms with Gasteiger partial charge >= 0.3 is 0 Å². The van der Waals surface area contributed by atoms with Gasteiger partial charge < -0.3 is 10.4 Å². The summed E-state index contributed by atoms with van der Waals surface area (Å²) < 4.78 is 0. The Hall–Kier alpha value is -1.35. The van der Waals surface area contributed by atoms with Crippen LogP contribution in [0.15, 0.2) is 24.3 Å². The van der Waals surface area contributed by atoms with E-state index in [1.54, 1.807) is 0 Å². The second-order valence-corrected chi connectivity index (χ2v) is 5.82. The van der Waals surface area contributed by atoms with Crippen LogP contribution in [0.1, 0.15) is 30.4 Å². The molecular formula is C16H20NO2. The van der Waals surface area contributed by atoms with Gasteiger partial charge in [-0.25, -0.2) is 0 Å². The Kier molecular flexibility index (Phi) is 3.31. The molecule has 0 aromatic heterocycles. The highest BCUT2D eigenvalue weighted by molar-refractivity contribution is 5.81. The number of nitrogens with one attached hydrogen (secondary N) is 1. The number of hydrogen-bond donors (Lipinski definition) is 2. The number of carbonyl (C=O) groups is 1. The van der Waals surface area contributed by atoms with Gasteiger partial charge in [0.1, 0.15) is 0 Å². The lowest BCUT2D eigenvalue weighted by molar-refractivity contribution is -0.126. The van der Waals surface area contributed by atoms with E-state index in [4.69, 9.17) is 0 Å². The summed E-state index contributed by atoms with van der Waals surface area (Å²) in [6.45, 7) is 0.000139. The van der Waals surface area contributed by atoms with Crippen molar-refractivity contribution in [3.05, 3.63) is 41.8 Å². The lowest BCUT2D eigenvalue weighted by Crippen LogP contribution is -2.53. The summed E-state index contributed by atoms with van der Waals surface area (Å²) in [5.74, 6) is 0.117. The first kappa shape index (κ1) is 12.7. The van der Waals surface area contributed by atoms with E-state index < -0.39 is 5.54 Å². The minimum absolute atomic E-state index is 0.000139. The van der Waals surface area contributed by atoms with Crippen molar-refractivity contribution < 1.29 is 9.90 Å². The molecule has 1 saturated carbocycles. The van der Waals surface area contributed by atoms with Gasteiger partial charge in [0.2, 0.25) is 5.91 Å². The van der Waals surface area contributed by atoms with Crippen LogP contribution >= 0.6 is 0 Å². The second-order valence-electron chi connectivity index (χ2n) is 5.82. The normalized spacial score (nSPS) is 21.3. The predicted molar refractivity (Wildman–Crippen MR) is 73.5 cm³/mol. The van der Waals surface area contributed by atoms with Crippen molar-refractivity contribution in [2.45, 2.75) is 37.6 Å². The monoisotopic (exact) mass is 258 g/mol. The van der Waals surface area contributed by atoms with Gasteiger partial charge in [-0.15, -0.1) is 0 Å². The number of aliphatic hydroxyl groups excluding tert-OH is 1. The standard InChI is InChI=1S/C16H20NO2/c18-11-16(17-15(19)12-5-1-2-6-12)9-13-7-3-4-8-14(13)10-16/h3-5,7-8,12,18H,1-2,6,9-11H2,(H,17,19). The molecule has 1 radical (unpaired) electrons. The van der Waals surface area contributed by atoms with Gasteiger partial charge in [-0.3, -0.25) is 4.79 Å². The van der Waals surface area contributed by atoms with Crippen LogP contribution in [0.5, 0.6) is 0 Å². The fourth-order valence-corrected chi connectivity index (χ4v) is 3.30. The molecule has 0 saturated heterocycles. The summed E-state index contributed by atoms with van der Waals surface area (Å²) >= 11 is 0. The number of carbonyl (C=O) groups excluding carboxylic acids is 1. The predicted octanol–water partition coefficient (Wildman–Crippen LogP) is 1.64. The van der Waals surface area contributed by atoms with E-state index in [0.29, 0.717) is 0 Å².